The first-order valence-electron chi connectivity index (χ1n) is 7.85. The van der Waals surface area contributed by atoms with Gasteiger partial charge in [-0.1, -0.05) is 6.42 Å². The van der Waals surface area contributed by atoms with Gasteiger partial charge in [0, 0.05) is 9.61 Å². The van der Waals surface area contributed by atoms with E-state index in [0.29, 0.717) is 11.6 Å². The second kappa shape index (κ2) is 6.58. The number of amides is 1. The number of halogens is 1. The Labute approximate surface area is 151 Å². The molecule has 0 unspecified atom stereocenters. The fourth-order valence-corrected chi connectivity index (χ4v) is 5.03. The van der Waals surface area contributed by atoms with Gasteiger partial charge in [-0.2, -0.15) is 0 Å². The minimum absolute atomic E-state index is 0.159. The highest BCUT2D eigenvalue weighted by Crippen LogP contribution is 2.44. The summed E-state index contributed by atoms with van der Waals surface area (Å²) in [5.41, 5.74) is 0.524. The number of rotatable bonds is 5. The Kier molecular flexibility index (Phi) is 4.87. The molecule has 1 aromatic carbocycles. The number of nitrogens with one attached hydrogen (secondary N) is 1. The number of nitrogens with zero attached hydrogens (tertiary/aromatic N) is 1. The van der Waals surface area contributed by atoms with Crippen molar-refractivity contribution >= 4 is 44.2 Å². The molecule has 1 N–H and O–H groups in total. The van der Waals surface area contributed by atoms with Crippen LogP contribution in [0.25, 0.3) is 0 Å². The number of carbonyl (C=O) groups is 1. The van der Waals surface area contributed by atoms with Gasteiger partial charge in [-0.15, -0.1) is 0 Å². The van der Waals surface area contributed by atoms with Gasteiger partial charge in [-0.25, -0.2) is 8.42 Å². The van der Waals surface area contributed by atoms with E-state index in [2.05, 4.69) is 27.9 Å². The summed E-state index contributed by atoms with van der Waals surface area (Å²) in [6, 6.07) is 7.35. The topological polar surface area (TPSA) is 66.5 Å². The van der Waals surface area contributed by atoms with Gasteiger partial charge in [0.25, 0.3) is 0 Å². The molecule has 0 saturated heterocycles. The molecule has 126 valence electrons. The zero-order chi connectivity index (χ0) is 16.6. The molecule has 3 atom stereocenters. The summed E-state index contributed by atoms with van der Waals surface area (Å²) in [5, 5.41) is 3.05. The van der Waals surface area contributed by atoms with Crippen LogP contribution in [0.1, 0.15) is 25.7 Å². The average molecular weight is 448 g/mol. The molecule has 2 saturated carbocycles. The number of benzene rings is 1. The van der Waals surface area contributed by atoms with Gasteiger partial charge in [0.15, 0.2) is 0 Å². The monoisotopic (exact) mass is 448 g/mol. The Morgan fingerprint density at radius 3 is 2.48 bits per heavy atom. The lowest BCUT2D eigenvalue weighted by Crippen LogP contribution is -2.45. The summed E-state index contributed by atoms with van der Waals surface area (Å²) in [7, 11) is -3.50. The van der Waals surface area contributed by atoms with Crippen molar-refractivity contribution < 1.29 is 13.2 Å². The predicted molar refractivity (Wildman–Crippen MR) is 98.7 cm³/mol. The van der Waals surface area contributed by atoms with Gasteiger partial charge in [0.1, 0.15) is 6.54 Å². The number of sulfonamides is 1. The molecule has 5 nitrogen and oxygen atoms in total. The highest BCUT2D eigenvalue weighted by Gasteiger charge is 2.40. The molecule has 0 spiro atoms. The van der Waals surface area contributed by atoms with Gasteiger partial charge in [0.05, 0.1) is 11.9 Å². The maximum Gasteiger partial charge on any atom is 0.241 e. The van der Waals surface area contributed by atoms with E-state index in [-0.39, 0.29) is 18.5 Å². The van der Waals surface area contributed by atoms with Crippen molar-refractivity contribution in [1.29, 1.82) is 0 Å². The molecule has 3 rings (SSSR count). The van der Waals surface area contributed by atoms with Crippen LogP contribution in [-0.2, 0) is 14.8 Å². The van der Waals surface area contributed by atoms with Crippen molar-refractivity contribution in [2.75, 3.05) is 17.1 Å². The van der Waals surface area contributed by atoms with Gasteiger partial charge < -0.3 is 5.32 Å². The standard InChI is InChI=1S/C16H21IN2O3S/c1-23(21,22)19(14-6-4-13(17)5-7-14)10-16(20)18-15-9-11-2-3-12(15)8-11/h4-7,11-12,15H,2-3,8-10H2,1H3,(H,18,20)/t11-,12-,15-/m1/s1. The highest BCUT2D eigenvalue weighted by atomic mass is 127. The van der Waals surface area contributed by atoms with Crippen molar-refractivity contribution in [3.8, 4) is 0 Å². The lowest BCUT2D eigenvalue weighted by atomic mass is 9.95. The molecule has 1 amide bonds. The predicted octanol–water partition coefficient (Wildman–Crippen LogP) is 2.36. The molecule has 0 heterocycles. The molecule has 2 aliphatic carbocycles. The summed E-state index contributed by atoms with van der Waals surface area (Å²) in [4.78, 5) is 12.4. The van der Waals surface area contributed by atoms with Crippen molar-refractivity contribution in [2.24, 2.45) is 11.8 Å². The molecule has 0 aliphatic heterocycles. The molecule has 2 fully saturated rings. The number of anilines is 1. The van der Waals surface area contributed by atoms with Crippen LogP contribution in [0.3, 0.4) is 0 Å². The minimum atomic E-state index is -3.50. The van der Waals surface area contributed by atoms with Crippen LogP contribution >= 0.6 is 22.6 Å². The Bertz CT molecular complexity index is 690. The molecule has 2 aliphatic rings. The molecular formula is C16H21IN2O3S. The molecule has 23 heavy (non-hydrogen) atoms. The fraction of sp³-hybridized carbons (Fsp3) is 0.562. The summed E-state index contributed by atoms with van der Waals surface area (Å²) in [6.07, 6.45) is 5.84. The van der Waals surface area contributed by atoms with E-state index in [1.807, 2.05) is 12.1 Å². The lowest BCUT2D eigenvalue weighted by molar-refractivity contribution is -0.120. The van der Waals surface area contributed by atoms with Crippen molar-refractivity contribution in [2.45, 2.75) is 31.7 Å². The SMILES string of the molecule is CS(=O)(=O)N(CC(=O)N[C@@H]1C[C@@H]2CC[C@@H]1C2)c1ccc(I)cc1. The molecular weight excluding hydrogens is 427 g/mol. The van der Waals surface area contributed by atoms with Gasteiger partial charge in [-0.05, 0) is 78.0 Å². The average Bonchev–Trinajstić information content (AvgIpc) is 3.07. The van der Waals surface area contributed by atoms with E-state index in [0.717, 1.165) is 22.2 Å². The van der Waals surface area contributed by atoms with Crippen LogP contribution in [0.5, 0.6) is 0 Å². The smallest absolute Gasteiger partial charge is 0.241 e. The van der Waals surface area contributed by atoms with E-state index in [4.69, 9.17) is 0 Å². The Morgan fingerprint density at radius 2 is 1.96 bits per heavy atom. The number of fused-ring (bicyclic) bond motifs is 2. The molecule has 2 bridgehead atoms. The zero-order valence-corrected chi connectivity index (χ0v) is 16.0. The fourth-order valence-electron chi connectivity index (χ4n) is 3.81. The highest BCUT2D eigenvalue weighted by molar-refractivity contribution is 14.1. The van der Waals surface area contributed by atoms with E-state index >= 15 is 0 Å². The van der Waals surface area contributed by atoms with Crippen molar-refractivity contribution in [3.05, 3.63) is 27.8 Å². The van der Waals surface area contributed by atoms with Crippen LogP contribution in [0, 0.1) is 15.4 Å². The number of carbonyl (C=O) groups excluding carboxylic acids is 1. The summed E-state index contributed by atoms with van der Waals surface area (Å²) in [5.74, 6) is 1.10. The zero-order valence-electron chi connectivity index (χ0n) is 13.0. The maximum atomic E-state index is 12.4. The van der Waals surface area contributed by atoms with Crippen molar-refractivity contribution in [1.82, 2.24) is 5.32 Å². The largest absolute Gasteiger partial charge is 0.352 e. The first kappa shape index (κ1) is 17.0. The third-order valence-corrected chi connectivity index (χ3v) is 6.75. The lowest BCUT2D eigenvalue weighted by Gasteiger charge is -2.26. The van der Waals surface area contributed by atoms with Crippen LogP contribution in [0.2, 0.25) is 0 Å². The second-order valence-corrected chi connectivity index (χ2v) is 9.75. The molecule has 1 aromatic rings. The first-order chi connectivity index (χ1) is 10.8. The summed E-state index contributed by atoms with van der Waals surface area (Å²) in [6.45, 7) is -0.159. The Hall–Kier alpha value is -0.830. The third kappa shape index (κ3) is 3.99. The summed E-state index contributed by atoms with van der Waals surface area (Å²) < 4.78 is 26.3. The maximum absolute atomic E-state index is 12.4. The number of hydrogen-bond acceptors (Lipinski definition) is 3. The van der Waals surface area contributed by atoms with Gasteiger partial charge >= 0.3 is 0 Å². The van der Waals surface area contributed by atoms with Crippen LogP contribution in [-0.4, -0.2) is 33.2 Å². The van der Waals surface area contributed by atoms with E-state index in [1.54, 1.807) is 12.1 Å². The number of hydrogen-bond donors (Lipinski definition) is 1. The van der Waals surface area contributed by atoms with Gasteiger partial charge in [-0.3, -0.25) is 9.10 Å². The van der Waals surface area contributed by atoms with Gasteiger partial charge in [0.2, 0.25) is 15.9 Å². The normalized spacial score (nSPS) is 26.3. The van der Waals surface area contributed by atoms with Crippen molar-refractivity contribution in [3.63, 3.8) is 0 Å². The Balaban J connectivity index is 1.69. The minimum Gasteiger partial charge on any atom is -0.352 e. The van der Waals surface area contributed by atoms with Crippen LogP contribution in [0.15, 0.2) is 24.3 Å². The van der Waals surface area contributed by atoms with E-state index in [1.165, 1.54) is 23.6 Å². The summed E-state index contributed by atoms with van der Waals surface area (Å²) >= 11 is 2.16. The second-order valence-electron chi connectivity index (χ2n) is 6.59. The molecule has 7 heteroatoms. The molecule has 0 radical (unpaired) electrons. The Morgan fingerprint density at radius 1 is 1.26 bits per heavy atom. The van der Waals surface area contributed by atoms with E-state index < -0.39 is 10.0 Å². The quantitative estimate of drug-likeness (QED) is 0.704. The van der Waals surface area contributed by atoms with Crippen LogP contribution < -0.4 is 9.62 Å². The van der Waals surface area contributed by atoms with E-state index in [9.17, 15) is 13.2 Å². The first-order valence-corrected chi connectivity index (χ1v) is 10.8. The third-order valence-electron chi connectivity index (χ3n) is 4.89. The van der Waals surface area contributed by atoms with Crippen LogP contribution in [0.4, 0.5) is 5.69 Å². The molecule has 0 aromatic heterocycles.